The Labute approximate surface area is 158 Å². The molecule has 1 aromatic carbocycles. The second-order valence-electron chi connectivity index (χ2n) is 7.08. The first-order chi connectivity index (χ1) is 12.6. The van der Waals surface area contributed by atoms with E-state index in [9.17, 15) is 9.59 Å². The summed E-state index contributed by atoms with van der Waals surface area (Å²) >= 11 is 1.89. The summed E-state index contributed by atoms with van der Waals surface area (Å²) < 4.78 is 5.76. The van der Waals surface area contributed by atoms with Crippen molar-refractivity contribution in [1.29, 1.82) is 0 Å². The summed E-state index contributed by atoms with van der Waals surface area (Å²) in [4.78, 5) is 29.3. The number of thioether (sulfide) groups is 1. The zero-order valence-corrected chi connectivity index (χ0v) is 15.7. The fourth-order valence-electron chi connectivity index (χ4n) is 3.96. The molecule has 0 spiro atoms. The van der Waals surface area contributed by atoms with Crippen molar-refractivity contribution in [3.63, 3.8) is 0 Å². The Balaban J connectivity index is 1.49. The highest BCUT2D eigenvalue weighted by Gasteiger charge is 2.36. The zero-order valence-electron chi connectivity index (χ0n) is 14.9. The molecule has 5 nitrogen and oxygen atoms in total. The molecule has 2 saturated heterocycles. The van der Waals surface area contributed by atoms with Crippen LogP contribution in [0, 0.1) is 0 Å². The topological polar surface area (TPSA) is 49.9 Å². The predicted octanol–water partition coefficient (Wildman–Crippen LogP) is 2.63. The van der Waals surface area contributed by atoms with Crippen LogP contribution < -0.4 is 0 Å². The van der Waals surface area contributed by atoms with E-state index in [0.717, 1.165) is 42.9 Å². The molecule has 2 atom stereocenters. The third kappa shape index (κ3) is 3.28. The maximum atomic E-state index is 13.1. The minimum Gasteiger partial charge on any atom is -0.376 e. The number of nitrogens with zero attached hydrogens (tertiary/aromatic N) is 2. The molecule has 2 fully saturated rings. The third-order valence-corrected chi connectivity index (χ3v) is 6.57. The van der Waals surface area contributed by atoms with Gasteiger partial charge in [0.15, 0.2) is 0 Å². The summed E-state index contributed by atoms with van der Waals surface area (Å²) in [5.74, 6) is 1.92. The minimum atomic E-state index is -0.128. The quantitative estimate of drug-likeness (QED) is 0.797. The van der Waals surface area contributed by atoms with E-state index < -0.39 is 0 Å². The van der Waals surface area contributed by atoms with Crippen molar-refractivity contribution in [2.75, 3.05) is 31.2 Å². The molecule has 3 aliphatic rings. The molecule has 0 saturated carbocycles. The van der Waals surface area contributed by atoms with Gasteiger partial charge in [-0.3, -0.25) is 14.5 Å². The van der Waals surface area contributed by atoms with Crippen LogP contribution in [-0.4, -0.2) is 65.0 Å². The Morgan fingerprint density at radius 1 is 1.31 bits per heavy atom. The molecule has 3 aliphatic heterocycles. The van der Waals surface area contributed by atoms with Gasteiger partial charge in [-0.25, -0.2) is 0 Å². The van der Waals surface area contributed by atoms with Gasteiger partial charge in [-0.15, -0.1) is 0 Å². The molecule has 0 N–H and O–H groups in total. The lowest BCUT2D eigenvalue weighted by atomic mass is 10.1. The van der Waals surface area contributed by atoms with E-state index in [1.165, 1.54) is 4.90 Å². The molecule has 2 amide bonds. The molecule has 138 valence electrons. The lowest BCUT2D eigenvalue weighted by molar-refractivity contribution is -0.134. The first-order valence-electron chi connectivity index (χ1n) is 9.24. The van der Waals surface area contributed by atoms with Gasteiger partial charge in [-0.2, -0.15) is 11.8 Å². The van der Waals surface area contributed by atoms with Crippen LogP contribution in [0.25, 0.3) is 5.70 Å². The van der Waals surface area contributed by atoms with Gasteiger partial charge >= 0.3 is 0 Å². The summed E-state index contributed by atoms with van der Waals surface area (Å²) in [6, 6.07) is 7.66. The maximum absolute atomic E-state index is 13.1. The molecule has 3 heterocycles. The number of carbonyl (C=O) groups is 2. The maximum Gasteiger partial charge on any atom is 0.259 e. The number of hydrogen-bond acceptors (Lipinski definition) is 4. The largest absolute Gasteiger partial charge is 0.376 e. The van der Waals surface area contributed by atoms with Crippen molar-refractivity contribution in [3.8, 4) is 0 Å². The Hall–Kier alpha value is -1.79. The van der Waals surface area contributed by atoms with Crippen LogP contribution in [0.3, 0.4) is 0 Å². The number of carbonyl (C=O) groups excluding carboxylic acids is 2. The van der Waals surface area contributed by atoms with E-state index in [0.29, 0.717) is 17.8 Å². The highest BCUT2D eigenvalue weighted by Crippen LogP contribution is 2.31. The fraction of sp³-hybridized carbons (Fsp3) is 0.500. The van der Waals surface area contributed by atoms with Gasteiger partial charge in [-0.05, 0) is 31.1 Å². The summed E-state index contributed by atoms with van der Waals surface area (Å²) in [5.41, 5.74) is 2.08. The summed E-state index contributed by atoms with van der Waals surface area (Å²) in [7, 11) is 0. The molecule has 6 heteroatoms. The molecule has 0 radical (unpaired) electrons. The molecular weight excluding hydrogens is 348 g/mol. The monoisotopic (exact) mass is 372 g/mol. The molecule has 0 unspecified atom stereocenters. The number of hydrogen-bond donors (Lipinski definition) is 0. The van der Waals surface area contributed by atoms with Crippen LogP contribution in [0.2, 0.25) is 0 Å². The summed E-state index contributed by atoms with van der Waals surface area (Å²) in [6.07, 6.45) is 3.20. The minimum absolute atomic E-state index is 0.00435. The molecule has 0 aliphatic carbocycles. The van der Waals surface area contributed by atoms with Crippen molar-refractivity contribution in [1.82, 2.24) is 9.80 Å². The summed E-state index contributed by atoms with van der Waals surface area (Å²) in [6.45, 7) is 5.51. The van der Waals surface area contributed by atoms with Crippen molar-refractivity contribution in [3.05, 3.63) is 42.0 Å². The van der Waals surface area contributed by atoms with Gasteiger partial charge in [0.25, 0.3) is 5.91 Å². The van der Waals surface area contributed by atoms with Crippen LogP contribution in [0.1, 0.15) is 35.2 Å². The van der Waals surface area contributed by atoms with E-state index in [1.807, 2.05) is 34.9 Å². The highest BCUT2D eigenvalue weighted by molar-refractivity contribution is 7.99. The van der Waals surface area contributed by atoms with Crippen LogP contribution in [0.15, 0.2) is 30.8 Å². The lowest BCUT2D eigenvalue weighted by Gasteiger charge is -2.32. The fourth-order valence-corrected chi connectivity index (χ4v) is 5.18. The molecule has 1 aromatic rings. The zero-order chi connectivity index (χ0) is 18.1. The van der Waals surface area contributed by atoms with E-state index in [1.54, 1.807) is 6.07 Å². The SMILES string of the molecule is C=C1c2ccccc2C(=O)N1CC(=O)N(C[C@@H]1CCCO1)[C@H]1CCSC1. The van der Waals surface area contributed by atoms with E-state index in [4.69, 9.17) is 4.74 Å². The average molecular weight is 372 g/mol. The van der Waals surface area contributed by atoms with Crippen molar-refractivity contribution < 1.29 is 14.3 Å². The third-order valence-electron chi connectivity index (χ3n) is 5.42. The van der Waals surface area contributed by atoms with Gasteiger partial charge in [0, 0.05) is 41.8 Å². The van der Waals surface area contributed by atoms with Crippen molar-refractivity contribution in [2.45, 2.75) is 31.4 Å². The van der Waals surface area contributed by atoms with E-state index >= 15 is 0 Å². The van der Waals surface area contributed by atoms with Crippen LogP contribution in [-0.2, 0) is 9.53 Å². The number of benzene rings is 1. The molecule has 4 rings (SSSR count). The average Bonchev–Trinajstić information content (AvgIpc) is 3.39. The van der Waals surface area contributed by atoms with Crippen LogP contribution in [0.5, 0.6) is 0 Å². The van der Waals surface area contributed by atoms with Gasteiger partial charge < -0.3 is 9.64 Å². The number of rotatable bonds is 5. The normalized spacial score (nSPS) is 25.0. The number of ether oxygens (including phenoxy) is 1. The van der Waals surface area contributed by atoms with Gasteiger partial charge in [0.2, 0.25) is 5.91 Å². The molecular formula is C20H24N2O3S. The number of fused-ring (bicyclic) bond motifs is 1. The predicted molar refractivity (Wildman–Crippen MR) is 103 cm³/mol. The van der Waals surface area contributed by atoms with Gasteiger partial charge in [0.1, 0.15) is 6.54 Å². The first-order valence-corrected chi connectivity index (χ1v) is 10.4. The standard InChI is InChI=1S/C20H24N2O3S/c1-14-17-6-2-3-7-18(17)20(24)21(14)12-19(23)22(15-8-10-26-13-15)11-16-5-4-9-25-16/h2-3,6-7,15-16H,1,4-5,8-13H2/t15-,16-/m0/s1. The van der Waals surface area contributed by atoms with Crippen LogP contribution >= 0.6 is 11.8 Å². The number of amides is 2. The Kier molecular flexibility index (Phi) is 5.05. The molecule has 0 bridgehead atoms. The van der Waals surface area contributed by atoms with Crippen molar-refractivity contribution in [2.24, 2.45) is 0 Å². The summed E-state index contributed by atoms with van der Waals surface area (Å²) in [5, 5.41) is 0. The second-order valence-corrected chi connectivity index (χ2v) is 8.23. The van der Waals surface area contributed by atoms with Crippen LogP contribution in [0.4, 0.5) is 0 Å². The smallest absolute Gasteiger partial charge is 0.259 e. The first kappa shape index (κ1) is 17.6. The van der Waals surface area contributed by atoms with Gasteiger partial charge in [-0.1, -0.05) is 24.8 Å². The second kappa shape index (κ2) is 7.45. The molecule has 26 heavy (non-hydrogen) atoms. The Morgan fingerprint density at radius 3 is 2.77 bits per heavy atom. The van der Waals surface area contributed by atoms with E-state index in [2.05, 4.69) is 6.58 Å². The Morgan fingerprint density at radius 2 is 2.12 bits per heavy atom. The Bertz CT molecular complexity index is 689. The van der Waals surface area contributed by atoms with E-state index in [-0.39, 0.29) is 30.5 Å². The lowest BCUT2D eigenvalue weighted by Crippen LogP contribution is -2.48. The highest BCUT2D eigenvalue weighted by atomic mass is 32.2. The van der Waals surface area contributed by atoms with Crippen molar-refractivity contribution >= 4 is 29.3 Å². The van der Waals surface area contributed by atoms with Gasteiger partial charge in [0.05, 0.1) is 6.10 Å². The molecule has 0 aromatic heterocycles.